The number of carboxylic acid groups (broad SMARTS) is 1. The molecule has 5 nitrogen and oxygen atoms in total. The highest BCUT2D eigenvalue weighted by molar-refractivity contribution is 7.99. The smallest absolute Gasteiger partial charge is 0.327 e. The molecule has 1 saturated heterocycles. The minimum atomic E-state index is -1.63. The van der Waals surface area contributed by atoms with Crippen LogP contribution in [0.1, 0.15) is 0 Å². The van der Waals surface area contributed by atoms with Gasteiger partial charge >= 0.3 is 12.0 Å². The normalized spacial score (nSPS) is 18.4. The average molecular weight is 320 g/mol. The van der Waals surface area contributed by atoms with E-state index in [2.05, 4.69) is 5.32 Å². The Kier molecular flexibility index (Phi) is 4.61. The van der Waals surface area contributed by atoms with Gasteiger partial charge in [-0.05, 0) is 0 Å². The standard InChI is InChI=1S/C12H11F3N2O3S/c13-7-3-6(4-8(14)10(7)15)16-12(20)17-1-2-21-5-9(17)11(18)19/h3-4,9H,1-2,5H2,(H,16,20)(H,18,19). The van der Waals surface area contributed by atoms with Gasteiger partial charge in [0.2, 0.25) is 0 Å². The van der Waals surface area contributed by atoms with Crippen molar-refractivity contribution in [2.24, 2.45) is 0 Å². The Balaban J connectivity index is 2.15. The Morgan fingerprint density at radius 2 is 1.90 bits per heavy atom. The molecule has 0 radical (unpaired) electrons. The summed E-state index contributed by atoms with van der Waals surface area (Å²) in [5.41, 5.74) is -0.279. The average Bonchev–Trinajstić information content (AvgIpc) is 2.44. The predicted molar refractivity (Wildman–Crippen MR) is 70.8 cm³/mol. The van der Waals surface area contributed by atoms with E-state index in [4.69, 9.17) is 5.11 Å². The molecule has 1 atom stereocenters. The third kappa shape index (κ3) is 3.41. The summed E-state index contributed by atoms with van der Waals surface area (Å²) >= 11 is 1.39. The highest BCUT2D eigenvalue weighted by Crippen LogP contribution is 2.20. The zero-order valence-corrected chi connectivity index (χ0v) is 11.4. The van der Waals surface area contributed by atoms with Crippen LogP contribution in [-0.2, 0) is 4.79 Å². The van der Waals surface area contributed by atoms with Crippen molar-refractivity contribution in [2.45, 2.75) is 6.04 Å². The fourth-order valence-corrected chi connectivity index (χ4v) is 2.91. The number of carbonyl (C=O) groups excluding carboxylic acids is 1. The van der Waals surface area contributed by atoms with E-state index in [9.17, 15) is 22.8 Å². The number of carboxylic acids is 1. The van der Waals surface area contributed by atoms with Crippen molar-refractivity contribution in [1.82, 2.24) is 4.90 Å². The number of carbonyl (C=O) groups is 2. The maximum Gasteiger partial charge on any atom is 0.327 e. The Morgan fingerprint density at radius 1 is 1.29 bits per heavy atom. The summed E-state index contributed by atoms with van der Waals surface area (Å²) < 4.78 is 38.9. The van der Waals surface area contributed by atoms with Crippen LogP contribution in [0.5, 0.6) is 0 Å². The summed E-state index contributed by atoms with van der Waals surface area (Å²) in [6.07, 6.45) is 0. The van der Waals surface area contributed by atoms with E-state index >= 15 is 0 Å². The van der Waals surface area contributed by atoms with Gasteiger partial charge in [-0.2, -0.15) is 11.8 Å². The highest BCUT2D eigenvalue weighted by atomic mass is 32.2. The minimum absolute atomic E-state index is 0.194. The van der Waals surface area contributed by atoms with E-state index in [0.29, 0.717) is 17.9 Å². The number of amides is 2. The summed E-state index contributed by atoms with van der Waals surface area (Å²) in [4.78, 5) is 24.1. The van der Waals surface area contributed by atoms with Gasteiger partial charge in [-0.15, -0.1) is 0 Å². The monoisotopic (exact) mass is 320 g/mol. The van der Waals surface area contributed by atoms with Gasteiger partial charge in [0.05, 0.1) is 0 Å². The Labute approximate surface area is 122 Å². The quantitative estimate of drug-likeness (QED) is 0.819. The lowest BCUT2D eigenvalue weighted by Gasteiger charge is -2.32. The van der Waals surface area contributed by atoms with E-state index in [1.807, 2.05) is 0 Å². The van der Waals surface area contributed by atoms with Crippen molar-refractivity contribution in [3.63, 3.8) is 0 Å². The third-order valence-electron chi connectivity index (χ3n) is 2.91. The summed E-state index contributed by atoms with van der Waals surface area (Å²) in [5.74, 6) is -4.87. The molecule has 1 heterocycles. The first-order valence-corrected chi connectivity index (χ1v) is 7.08. The number of anilines is 1. The van der Waals surface area contributed by atoms with Crippen LogP contribution < -0.4 is 5.32 Å². The van der Waals surface area contributed by atoms with E-state index in [0.717, 1.165) is 4.90 Å². The van der Waals surface area contributed by atoms with Crippen molar-refractivity contribution in [3.8, 4) is 0 Å². The summed E-state index contributed by atoms with van der Waals surface area (Å²) in [7, 11) is 0. The molecule has 1 aliphatic heterocycles. The molecule has 1 aromatic rings. The first kappa shape index (κ1) is 15.5. The van der Waals surface area contributed by atoms with Crippen molar-refractivity contribution >= 4 is 29.4 Å². The Bertz CT molecular complexity index is 562. The largest absolute Gasteiger partial charge is 0.480 e. The maximum atomic E-state index is 13.1. The number of nitrogens with one attached hydrogen (secondary N) is 1. The first-order valence-electron chi connectivity index (χ1n) is 5.93. The molecule has 1 aliphatic rings. The maximum absolute atomic E-state index is 13.1. The van der Waals surface area contributed by atoms with E-state index in [1.54, 1.807) is 0 Å². The molecule has 0 bridgehead atoms. The molecule has 21 heavy (non-hydrogen) atoms. The molecule has 9 heteroatoms. The highest BCUT2D eigenvalue weighted by Gasteiger charge is 2.32. The Morgan fingerprint density at radius 3 is 2.48 bits per heavy atom. The molecular weight excluding hydrogens is 309 g/mol. The summed E-state index contributed by atoms with van der Waals surface area (Å²) in [5, 5.41) is 11.2. The van der Waals surface area contributed by atoms with E-state index in [-0.39, 0.29) is 18.0 Å². The number of benzene rings is 1. The molecule has 1 unspecified atom stereocenters. The molecule has 1 aromatic carbocycles. The molecule has 1 fully saturated rings. The van der Waals surface area contributed by atoms with E-state index in [1.165, 1.54) is 11.8 Å². The number of thioether (sulfide) groups is 1. The van der Waals surface area contributed by atoms with Gasteiger partial charge in [-0.25, -0.2) is 22.8 Å². The van der Waals surface area contributed by atoms with Crippen LogP contribution in [0.4, 0.5) is 23.7 Å². The van der Waals surface area contributed by atoms with Gasteiger partial charge in [0.25, 0.3) is 0 Å². The van der Waals surface area contributed by atoms with Crippen LogP contribution in [0.3, 0.4) is 0 Å². The fourth-order valence-electron chi connectivity index (χ4n) is 1.87. The van der Waals surface area contributed by atoms with Crippen LogP contribution in [0.2, 0.25) is 0 Å². The van der Waals surface area contributed by atoms with Crippen LogP contribution in [0.15, 0.2) is 12.1 Å². The van der Waals surface area contributed by atoms with Crippen LogP contribution in [-0.4, -0.2) is 46.1 Å². The number of hydrogen-bond acceptors (Lipinski definition) is 3. The van der Waals surface area contributed by atoms with Gasteiger partial charge in [0, 0.05) is 35.9 Å². The SMILES string of the molecule is O=C(O)C1CSCCN1C(=O)Nc1cc(F)c(F)c(F)c1. The summed E-state index contributed by atoms with van der Waals surface area (Å²) in [6.45, 7) is 0.194. The number of urea groups is 1. The number of nitrogens with zero attached hydrogens (tertiary/aromatic N) is 1. The molecule has 114 valence electrons. The van der Waals surface area contributed by atoms with Crippen molar-refractivity contribution in [1.29, 1.82) is 0 Å². The van der Waals surface area contributed by atoms with E-state index < -0.39 is 35.5 Å². The molecule has 0 aromatic heterocycles. The fraction of sp³-hybridized carbons (Fsp3) is 0.333. The van der Waals surface area contributed by atoms with Crippen LogP contribution in [0.25, 0.3) is 0 Å². The van der Waals surface area contributed by atoms with Crippen molar-refractivity contribution in [3.05, 3.63) is 29.6 Å². The molecule has 0 spiro atoms. The van der Waals surface area contributed by atoms with Crippen LogP contribution >= 0.6 is 11.8 Å². The second kappa shape index (κ2) is 6.25. The molecular formula is C12H11F3N2O3S. The van der Waals surface area contributed by atoms with Gasteiger partial charge < -0.3 is 15.3 Å². The zero-order chi connectivity index (χ0) is 15.6. The molecule has 2 N–H and O–H groups in total. The lowest BCUT2D eigenvalue weighted by Crippen LogP contribution is -2.51. The molecule has 0 saturated carbocycles. The summed E-state index contributed by atoms with van der Waals surface area (Å²) in [6, 6.07) is -0.553. The molecule has 0 aliphatic carbocycles. The number of hydrogen-bond donors (Lipinski definition) is 2. The number of halogens is 3. The van der Waals surface area contributed by atoms with Gasteiger partial charge in [-0.1, -0.05) is 0 Å². The molecule has 2 rings (SSSR count). The lowest BCUT2D eigenvalue weighted by molar-refractivity contribution is -0.141. The van der Waals surface area contributed by atoms with Crippen LogP contribution in [0, 0.1) is 17.5 Å². The van der Waals surface area contributed by atoms with Gasteiger partial charge in [-0.3, -0.25) is 0 Å². The Hall–Kier alpha value is -1.90. The second-order valence-corrected chi connectivity index (χ2v) is 5.46. The lowest BCUT2D eigenvalue weighted by atomic mass is 10.2. The number of aliphatic carboxylic acids is 1. The topological polar surface area (TPSA) is 69.6 Å². The second-order valence-electron chi connectivity index (χ2n) is 4.31. The predicted octanol–water partition coefficient (Wildman–Crippen LogP) is 2.14. The van der Waals surface area contributed by atoms with Gasteiger partial charge in [0.15, 0.2) is 17.5 Å². The minimum Gasteiger partial charge on any atom is -0.480 e. The third-order valence-corrected chi connectivity index (χ3v) is 3.93. The van der Waals surface area contributed by atoms with Gasteiger partial charge in [0.1, 0.15) is 6.04 Å². The molecule has 2 amide bonds. The van der Waals surface area contributed by atoms with Crippen molar-refractivity contribution in [2.75, 3.05) is 23.4 Å². The van der Waals surface area contributed by atoms with Crippen molar-refractivity contribution < 1.29 is 27.9 Å². The first-order chi connectivity index (χ1) is 9.90. The zero-order valence-electron chi connectivity index (χ0n) is 10.6. The number of rotatable bonds is 2.